The molecule has 0 unspecified atom stereocenters. The van der Waals surface area contributed by atoms with Crippen molar-refractivity contribution >= 4 is 50.0 Å². The first-order valence-electron chi connectivity index (χ1n) is 5.92. The Balaban J connectivity index is 1.98. The van der Waals surface area contributed by atoms with Gasteiger partial charge in [-0.25, -0.2) is 9.97 Å². The van der Waals surface area contributed by atoms with Gasteiger partial charge in [-0.1, -0.05) is 0 Å². The van der Waals surface area contributed by atoms with Gasteiger partial charge in [0.25, 0.3) is 0 Å². The average molecular weight is 385 g/mol. The molecule has 0 saturated carbocycles. The number of halogens is 1. The van der Waals surface area contributed by atoms with E-state index in [9.17, 15) is 0 Å². The summed E-state index contributed by atoms with van der Waals surface area (Å²) in [5.74, 6) is 1.69. The molecule has 0 spiro atoms. The van der Waals surface area contributed by atoms with Crippen molar-refractivity contribution in [1.82, 2.24) is 19.7 Å². The fourth-order valence-electron chi connectivity index (χ4n) is 1.84. The minimum atomic E-state index is 0.592. The van der Waals surface area contributed by atoms with Gasteiger partial charge in [-0.15, -0.1) is 11.3 Å². The number of fused-ring (bicyclic) bond motifs is 1. The first kappa shape index (κ1) is 12.8. The third-order valence-corrected chi connectivity index (χ3v) is 3.98. The van der Waals surface area contributed by atoms with Crippen molar-refractivity contribution in [3.63, 3.8) is 0 Å². The van der Waals surface area contributed by atoms with Gasteiger partial charge < -0.3 is 5.32 Å². The molecular weight excluding hydrogens is 373 g/mol. The number of thiophene rings is 1. The van der Waals surface area contributed by atoms with Crippen molar-refractivity contribution in [3.05, 3.63) is 33.2 Å². The Morgan fingerprint density at radius 2 is 2.32 bits per heavy atom. The molecule has 0 fully saturated rings. The standard InChI is InChI=1S/C12H12IN5S/c1-2-14-11-9-3-4-19-12(9)17-10(16-11)7-18-6-8(13)5-15-18/h3-6H,2,7H2,1H3,(H,14,16,17). The smallest absolute Gasteiger partial charge is 0.153 e. The third-order valence-electron chi connectivity index (χ3n) is 2.62. The molecule has 3 aromatic rings. The Labute approximate surface area is 128 Å². The van der Waals surface area contributed by atoms with Crippen molar-refractivity contribution in [2.24, 2.45) is 0 Å². The summed E-state index contributed by atoms with van der Waals surface area (Å²) in [5, 5.41) is 10.7. The number of hydrogen-bond donors (Lipinski definition) is 1. The summed E-state index contributed by atoms with van der Waals surface area (Å²) in [6, 6.07) is 2.05. The second-order valence-corrected chi connectivity index (χ2v) is 6.15. The fourth-order valence-corrected chi connectivity index (χ4v) is 3.07. The van der Waals surface area contributed by atoms with Crippen molar-refractivity contribution in [3.8, 4) is 0 Å². The molecule has 0 saturated heterocycles. The molecule has 19 heavy (non-hydrogen) atoms. The van der Waals surface area contributed by atoms with Crippen LogP contribution in [0.4, 0.5) is 5.82 Å². The van der Waals surface area contributed by atoms with Crippen LogP contribution in [0.3, 0.4) is 0 Å². The van der Waals surface area contributed by atoms with Gasteiger partial charge in [-0.3, -0.25) is 4.68 Å². The molecule has 1 N–H and O–H groups in total. The summed E-state index contributed by atoms with van der Waals surface area (Å²) in [7, 11) is 0. The van der Waals surface area contributed by atoms with E-state index in [1.165, 1.54) is 0 Å². The Hall–Kier alpha value is -1.22. The van der Waals surface area contributed by atoms with E-state index in [0.717, 1.165) is 32.0 Å². The van der Waals surface area contributed by atoms with Gasteiger partial charge >= 0.3 is 0 Å². The summed E-state index contributed by atoms with van der Waals surface area (Å²) >= 11 is 3.88. The number of nitrogens with zero attached hydrogens (tertiary/aromatic N) is 4. The minimum Gasteiger partial charge on any atom is -0.370 e. The quantitative estimate of drug-likeness (QED) is 0.702. The third kappa shape index (κ3) is 2.71. The van der Waals surface area contributed by atoms with E-state index in [-0.39, 0.29) is 0 Å². The molecule has 98 valence electrons. The van der Waals surface area contributed by atoms with Gasteiger partial charge in [-0.2, -0.15) is 5.10 Å². The van der Waals surface area contributed by atoms with Gasteiger partial charge in [0.15, 0.2) is 5.82 Å². The van der Waals surface area contributed by atoms with Gasteiger partial charge in [0, 0.05) is 12.7 Å². The Bertz CT molecular complexity index is 705. The van der Waals surface area contributed by atoms with Crippen LogP contribution in [0.15, 0.2) is 23.8 Å². The molecule has 3 aromatic heterocycles. The highest BCUT2D eigenvalue weighted by molar-refractivity contribution is 14.1. The lowest BCUT2D eigenvalue weighted by Crippen LogP contribution is -2.08. The normalized spacial score (nSPS) is 11.1. The highest BCUT2D eigenvalue weighted by atomic mass is 127. The van der Waals surface area contributed by atoms with E-state index < -0.39 is 0 Å². The minimum absolute atomic E-state index is 0.592. The van der Waals surface area contributed by atoms with Gasteiger partial charge in [0.05, 0.1) is 15.2 Å². The molecule has 0 aliphatic heterocycles. The lowest BCUT2D eigenvalue weighted by Gasteiger charge is -2.07. The molecule has 0 aliphatic rings. The van der Waals surface area contributed by atoms with Crippen molar-refractivity contribution in [2.75, 3.05) is 11.9 Å². The van der Waals surface area contributed by atoms with Crippen molar-refractivity contribution in [1.29, 1.82) is 0 Å². The Morgan fingerprint density at radius 1 is 1.42 bits per heavy atom. The SMILES string of the molecule is CCNc1nc(Cn2cc(I)cn2)nc2sccc12. The van der Waals surface area contributed by atoms with Gasteiger partial charge in [-0.05, 0) is 41.0 Å². The molecular formula is C12H12IN5S. The topological polar surface area (TPSA) is 55.6 Å². The Kier molecular flexibility index (Phi) is 3.65. The number of nitrogens with one attached hydrogen (secondary N) is 1. The summed E-state index contributed by atoms with van der Waals surface area (Å²) < 4.78 is 2.97. The molecule has 5 nitrogen and oxygen atoms in total. The highest BCUT2D eigenvalue weighted by Crippen LogP contribution is 2.25. The van der Waals surface area contributed by atoms with E-state index in [0.29, 0.717) is 6.54 Å². The largest absolute Gasteiger partial charge is 0.370 e. The van der Waals surface area contributed by atoms with E-state index in [1.54, 1.807) is 11.3 Å². The van der Waals surface area contributed by atoms with E-state index >= 15 is 0 Å². The maximum Gasteiger partial charge on any atom is 0.153 e. The molecule has 0 atom stereocenters. The van der Waals surface area contributed by atoms with E-state index in [4.69, 9.17) is 0 Å². The van der Waals surface area contributed by atoms with E-state index in [1.807, 2.05) is 22.5 Å². The van der Waals surface area contributed by atoms with Crippen LogP contribution in [-0.2, 0) is 6.54 Å². The number of aromatic nitrogens is 4. The summed E-state index contributed by atoms with van der Waals surface area (Å²) in [4.78, 5) is 10.2. The predicted molar refractivity (Wildman–Crippen MR) is 85.6 cm³/mol. The molecule has 0 aliphatic carbocycles. The molecule has 3 rings (SSSR count). The first-order valence-corrected chi connectivity index (χ1v) is 7.88. The maximum absolute atomic E-state index is 4.59. The van der Waals surface area contributed by atoms with Crippen LogP contribution >= 0.6 is 33.9 Å². The number of hydrogen-bond acceptors (Lipinski definition) is 5. The lowest BCUT2D eigenvalue weighted by molar-refractivity contribution is 0.658. The molecule has 0 amide bonds. The zero-order chi connectivity index (χ0) is 13.2. The van der Waals surface area contributed by atoms with Crippen molar-refractivity contribution in [2.45, 2.75) is 13.5 Å². The van der Waals surface area contributed by atoms with Crippen LogP contribution < -0.4 is 5.32 Å². The van der Waals surface area contributed by atoms with Crippen LogP contribution in [0.25, 0.3) is 10.2 Å². The van der Waals surface area contributed by atoms with Crippen LogP contribution in [-0.4, -0.2) is 26.3 Å². The van der Waals surface area contributed by atoms with Crippen LogP contribution in [0, 0.1) is 3.57 Å². The lowest BCUT2D eigenvalue weighted by atomic mass is 10.3. The maximum atomic E-state index is 4.59. The average Bonchev–Trinajstić information content (AvgIpc) is 2.99. The number of anilines is 1. The van der Waals surface area contributed by atoms with E-state index in [2.05, 4.69) is 56.0 Å². The predicted octanol–water partition coefficient (Wildman–Crippen LogP) is 2.97. The second-order valence-electron chi connectivity index (χ2n) is 4.01. The highest BCUT2D eigenvalue weighted by Gasteiger charge is 2.09. The zero-order valence-corrected chi connectivity index (χ0v) is 13.3. The molecule has 7 heteroatoms. The van der Waals surface area contributed by atoms with Crippen LogP contribution in [0.5, 0.6) is 0 Å². The van der Waals surface area contributed by atoms with Gasteiger partial charge in [0.1, 0.15) is 17.2 Å². The van der Waals surface area contributed by atoms with Crippen LogP contribution in [0.2, 0.25) is 0 Å². The zero-order valence-electron chi connectivity index (χ0n) is 10.3. The van der Waals surface area contributed by atoms with Crippen molar-refractivity contribution < 1.29 is 0 Å². The molecule has 0 bridgehead atoms. The molecule has 0 aromatic carbocycles. The van der Waals surface area contributed by atoms with Crippen LogP contribution in [0.1, 0.15) is 12.7 Å². The van der Waals surface area contributed by atoms with Gasteiger partial charge in [0.2, 0.25) is 0 Å². The number of rotatable bonds is 4. The first-order chi connectivity index (χ1) is 9.26. The molecule has 0 radical (unpaired) electrons. The summed E-state index contributed by atoms with van der Waals surface area (Å²) in [6.07, 6.45) is 3.81. The second kappa shape index (κ2) is 5.41. The Morgan fingerprint density at radius 3 is 3.05 bits per heavy atom. The summed E-state index contributed by atoms with van der Waals surface area (Å²) in [5.41, 5.74) is 0. The molecule has 3 heterocycles. The monoisotopic (exact) mass is 385 g/mol. The summed E-state index contributed by atoms with van der Waals surface area (Å²) in [6.45, 7) is 3.51. The fraction of sp³-hybridized carbons (Fsp3) is 0.250.